The van der Waals surface area contributed by atoms with E-state index < -0.39 is 6.61 Å². The zero-order valence-corrected chi connectivity index (χ0v) is 10.4. The van der Waals surface area contributed by atoms with Crippen LogP contribution < -0.4 is 10.5 Å². The summed E-state index contributed by atoms with van der Waals surface area (Å²) in [6.45, 7) is 2.04. The van der Waals surface area contributed by atoms with Crippen LogP contribution in [0, 0.1) is 5.92 Å². The molecule has 1 saturated heterocycles. The highest BCUT2D eigenvalue weighted by molar-refractivity contribution is 5.27. The molecule has 1 aromatic rings. The van der Waals surface area contributed by atoms with Gasteiger partial charge in [-0.3, -0.25) is 4.90 Å². The largest absolute Gasteiger partial charge is 0.435 e. The normalized spacial score (nSPS) is 24.7. The summed E-state index contributed by atoms with van der Waals surface area (Å²) in [4.78, 5) is 2.28. The fraction of sp³-hybridized carbons (Fsp3) is 0.538. The molecule has 18 heavy (non-hydrogen) atoms. The molecule has 0 radical (unpaired) electrons. The summed E-state index contributed by atoms with van der Waals surface area (Å²) in [6, 6.07) is 6.99. The average Bonchev–Trinajstić information content (AvgIpc) is 2.60. The summed E-state index contributed by atoms with van der Waals surface area (Å²) >= 11 is 0. The Hall–Kier alpha value is -1.20. The summed E-state index contributed by atoms with van der Waals surface area (Å²) in [5.41, 5.74) is 7.04. The number of hydrogen-bond donors (Lipinski definition) is 1. The molecule has 0 amide bonds. The predicted molar refractivity (Wildman–Crippen MR) is 65.5 cm³/mol. The first-order valence-electron chi connectivity index (χ1n) is 6.06. The van der Waals surface area contributed by atoms with E-state index in [1.807, 2.05) is 12.1 Å². The molecule has 1 heterocycles. The first-order valence-corrected chi connectivity index (χ1v) is 6.06. The molecule has 100 valence electrons. The summed E-state index contributed by atoms with van der Waals surface area (Å²) in [5, 5.41) is 0. The number of alkyl halides is 2. The van der Waals surface area contributed by atoms with Crippen LogP contribution in [0.4, 0.5) is 8.78 Å². The van der Waals surface area contributed by atoms with E-state index in [0.717, 1.165) is 25.2 Å². The van der Waals surface area contributed by atoms with Crippen LogP contribution >= 0.6 is 0 Å². The van der Waals surface area contributed by atoms with Crippen molar-refractivity contribution in [1.82, 2.24) is 4.90 Å². The lowest BCUT2D eigenvalue weighted by Gasteiger charge is -2.15. The molecule has 2 atom stereocenters. The van der Waals surface area contributed by atoms with Crippen LogP contribution in [-0.2, 0) is 6.54 Å². The van der Waals surface area contributed by atoms with Gasteiger partial charge < -0.3 is 10.5 Å². The van der Waals surface area contributed by atoms with Crippen LogP contribution in [0.5, 0.6) is 5.75 Å². The van der Waals surface area contributed by atoms with E-state index in [1.165, 1.54) is 0 Å². The minimum absolute atomic E-state index is 0.195. The van der Waals surface area contributed by atoms with Crippen molar-refractivity contribution in [2.24, 2.45) is 11.7 Å². The summed E-state index contributed by atoms with van der Waals surface area (Å²) in [5.74, 6) is 0.701. The molecule has 0 aromatic heterocycles. The van der Waals surface area contributed by atoms with Gasteiger partial charge in [-0.1, -0.05) is 19.1 Å². The first kappa shape index (κ1) is 13.2. The average molecular weight is 256 g/mol. The van der Waals surface area contributed by atoms with Gasteiger partial charge in [0.1, 0.15) is 5.75 Å². The van der Waals surface area contributed by atoms with Crippen LogP contribution in [0.15, 0.2) is 24.3 Å². The van der Waals surface area contributed by atoms with Crippen molar-refractivity contribution < 1.29 is 13.5 Å². The van der Waals surface area contributed by atoms with Crippen LogP contribution in [-0.4, -0.2) is 30.6 Å². The van der Waals surface area contributed by atoms with Crippen molar-refractivity contribution in [3.63, 3.8) is 0 Å². The lowest BCUT2D eigenvalue weighted by molar-refractivity contribution is -0.0498. The number of ether oxygens (including phenoxy) is 1. The molecule has 5 heteroatoms. The standard InChI is InChI=1S/C13H18F2N2O/c1-9-6-17(8-12(9)16)7-10-2-4-11(5-3-10)18-13(14)15/h2-5,9,12-13H,6-8,16H2,1H3. The zero-order valence-electron chi connectivity index (χ0n) is 10.4. The second-order valence-electron chi connectivity index (χ2n) is 4.86. The summed E-state index contributed by atoms with van der Waals surface area (Å²) < 4.78 is 28.3. The maximum Gasteiger partial charge on any atom is 0.387 e. The number of nitrogens with two attached hydrogens (primary N) is 1. The number of rotatable bonds is 4. The van der Waals surface area contributed by atoms with Crippen molar-refractivity contribution in [3.8, 4) is 5.75 Å². The second kappa shape index (κ2) is 5.63. The Bertz CT molecular complexity index is 373. The van der Waals surface area contributed by atoms with Gasteiger partial charge in [0, 0.05) is 25.7 Å². The Morgan fingerprint density at radius 2 is 2.00 bits per heavy atom. The Labute approximate surface area is 106 Å². The Morgan fingerprint density at radius 3 is 2.50 bits per heavy atom. The number of nitrogens with zero attached hydrogens (tertiary/aromatic N) is 1. The number of likely N-dealkylation sites (tertiary alicyclic amines) is 1. The van der Waals surface area contributed by atoms with Crippen molar-refractivity contribution >= 4 is 0 Å². The van der Waals surface area contributed by atoms with E-state index in [1.54, 1.807) is 12.1 Å². The highest BCUT2D eigenvalue weighted by Gasteiger charge is 2.26. The third-order valence-corrected chi connectivity index (χ3v) is 3.30. The maximum atomic E-state index is 12.0. The smallest absolute Gasteiger partial charge is 0.387 e. The van der Waals surface area contributed by atoms with Crippen LogP contribution in [0.2, 0.25) is 0 Å². The van der Waals surface area contributed by atoms with Gasteiger partial charge in [0.15, 0.2) is 0 Å². The molecule has 2 N–H and O–H groups in total. The van der Waals surface area contributed by atoms with E-state index in [-0.39, 0.29) is 11.8 Å². The van der Waals surface area contributed by atoms with Gasteiger partial charge in [-0.25, -0.2) is 0 Å². The van der Waals surface area contributed by atoms with Gasteiger partial charge in [0.05, 0.1) is 0 Å². The van der Waals surface area contributed by atoms with Crippen molar-refractivity contribution in [2.45, 2.75) is 26.1 Å². The number of hydrogen-bond acceptors (Lipinski definition) is 3. The van der Waals surface area contributed by atoms with E-state index >= 15 is 0 Å². The molecule has 3 nitrogen and oxygen atoms in total. The molecule has 2 unspecified atom stereocenters. The molecular weight excluding hydrogens is 238 g/mol. The Morgan fingerprint density at radius 1 is 1.33 bits per heavy atom. The van der Waals surface area contributed by atoms with Gasteiger partial charge in [0.25, 0.3) is 0 Å². The summed E-state index contributed by atoms with van der Waals surface area (Å²) in [7, 11) is 0. The van der Waals surface area contributed by atoms with E-state index in [9.17, 15) is 8.78 Å². The van der Waals surface area contributed by atoms with Crippen molar-refractivity contribution in [1.29, 1.82) is 0 Å². The van der Waals surface area contributed by atoms with Crippen molar-refractivity contribution in [3.05, 3.63) is 29.8 Å². The molecule has 0 aliphatic carbocycles. The number of halogens is 2. The highest BCUT2D eigenvalue weighted by atomic mass is 19.3. The molecule has 1 aromatic carbocycles. The molecule has 2 rings (SSSR count). The third kappa shape index (κ3) is 3.40. The van der Waals surface area contributed by atoms with Gasteiger partial charge in [0.2, 0.25) is 0 Å². The molecule has 1 aliphatic rings. The van der Waals surface area contributed by atoms with Gasteiger partial charge in [-0.15, -0.1) is 0 Å². The predicted octanol–water partition coefficient (Wildman–Crippen LogP) is 2.07. The lowest BCUT2D eigenvalue weighted by Crippen LogP contribution is -2.28. The molecular formula is C13H18F2N2O. The number of benzene rings is 1. The highest BCUT2D eigenvalue weighted by Crippen LogP contribution is 2.19. The van der Waals surface area contributed by atoms with Gasteiger partial charge >= 0.3 is 6.61 Å². The monoisotopic (exact) mass is 256 g/mol. The fourth-order valence-corrected chi connectivity index (χ4v) is 2.26. The Balaban J connectivity index is 1.90. The molecule has 1 fully saturated rings. The minimum atomic E-state index is -2.77. The fourth-order valence-electron chi connectivity index (χ4n) is 2.26. The molecule has 0 bridgehead atoms. The maximum absolute atomic E-state index is 12.0. The molecule has 1 aliphatic heterocycles. The van der Waals surface area contributed by atoms with E-state index in [0.29, 0.717) is 5.92 Å². The van der Waals surface area contributed by atoms with Gasteiger partial charge in [-0.2, -0.15) is 8.78 Å². The van der Waals surface area contributed by atoms with Crippen LogP contribution in [0.25, 0.3) is 0 Å². The SMILES string of the molecule is CC1CN(Cc2ccc(OC(F)F)cc2)CC1N. The van der Waals surface area contributed by atoms with Crippen molar-refractivity contribution in [2.75, 3.05) is 13.1 Å². The van der Waals surface area contributed by atoms with Crippen LogP contribution in [0.3, 0.4) is 0 Å². The quantitative estimate of drug-likeness (QED) is 0.896. The first-order chi connectivity index (χ1) is 8.54. The van der Waals surface area contributed by atoms with Gasteiger partial charge in [-0.05, 0) is 23.6 Å². The third-order valence-electron chi connectivity index (χ3n) is 3.30. The summed E-state index contributed by atoms with van der Waals surface area (Å²) in [6.07, 6.45) is 0. The van der Waals surface area contributed by atoms with E-state index in [4.69, 9.17) is 5.73 Å². The molecule has 0 saturated carbocycles. The topological polar surface area (TPSA) is 38.5 Å². The zero-order chi connectivity index (χ0) is 13.1. The lowest BCUT2D eigenvalue weighted by atomic mass is 10.1. The Kier molecular flexibility index (Phi) is 4.14. The van der Waals surface area contributed by atoms with Crippen LogP contribution in [0.1, 0.15) is 12.5 Å². The minimum Gasteiger partial charge on any atom is -0.435 e. The van der Waals surface area contributed by atoms with E-state index in [2.05, 4.69) is 16.6 Å². The molecule has 0 spiro atoms. The second-order valence-corrected chi connectivity index (χ2v) is 4.86.